The number of amides is 1. The van der Waals surface area contributed by atoms with Gasteiger partial charge in [-0.1, -0.05) is 0 Å². The zero-order valence-electron chi connectivity index (χ0n) is 10.0. The van der Waals surface area contributed by atoms with E-state index in [0.717, 1.165) is 12.8 Å². The van der Waals surface area contributed by atoms with Crippen LogP contribution in [0.15, 0.2) is 18.2 Å². The Hall–Kier alpha value is -2.09. The first-order chi connectivity index (χ1) is 8.60. The fraction of sp³-hybridized carbons (Fsp3) is 0.385. The van der Waals surface area contributed by atoms with Gasteiger partial charge in [0, 0.05) is 11.7 Å². The quantitative estimate of drug-likeness (QED) is 0.852. The van der Waals surface area contributed by atoms with Crippen molar-refractivity contribution in [3.63, 3.8) is 0 Å². The molecule has 1 fully saturated rings. The summed E-state index contributed by atoms with van der Waals surface area (Å²) < 4.78 is 13.4. The van der Waals surface area contributed by atoms with Gasteiger partial charge in [0.25, 0.3) is 0 Å². The Morgan fingerprint density at radius 2 is 2.28 bits per heavy atom. The summed E-state index contributed by atoms with van der Waals surface area (Å²) >= 11 is 0. The fourth-order valence-electron chi connectivity index (χ4n) is 1.56. The number of anilines is 1. The van der Waals surface area contributed by atoms with Crippen molar-refractivity contribution >= 4 is 11.6 Å². The van der Waals surface area contributed by atoms with E-state index in [-0.39, 0.29) is 11.5 Å². The standard InChI is InChI=1S/C13H14FN3O/c1-8(13(18)17-10-4-5-10)16-11-3-2-9(7-15)12(14)6-11/h2-3,6,8,10,16H,4-5H2,1H3,(H,17,18). The van der Waals surface area contributed by atoms with Crippen LogP contribution in [-0.2, 0) is 4.79 Å². The van der Waals surface area contributed by atoms with E-state index in [1.807, 2.05) is 0 Å². The number of carbonyl (C=O) groups is 1. The third-order valence-electron chi connectivity index (χ3n) is 2.79. The number of halogens is 1. The van der Waals surface area contributed by atoms with Crippen molar-refractivity contribution in [2.24, 2.45) is 0 Å². The number of nitriles is 1. The molecule has 1 aromatic rings. The maximum absolute atomic E-state index is 13.4. The molecule has 2 rings (SSSR count). The minimum atomic E-state index is -0.586. The number of nitrogens with zero attached hydrogens (tertiary/aromatic N) is 1. The molecule has 4 nitrogen and oxygen atoms in total. The van der Waals surface area contributed by atoms with E-state index < -0.39 is 11.9 Å². The molecular formula is C13H14FN3O. The number of benzene rings is 1. The molecule has 94 valence electrons. The zero-order valence-corrected chi connectivity index (χ0v) is 10.0. The van der Waals surface area contributed by atoms with Crippen LogP contribution in [0.2, 0.25) is 0 Å². The minimum Gasteiger partial charge on any atom is -0.374 e. The zero-order chi connectivity index (χ0) is 13.1. The normalized spacial score (nSPS) is 15.6. The van der Waals surface area contributed by atoms with Gasteiger partial charge < -0.3 is 10.6 Å². The first kappa shape index (κ1) is 12.4. The molecule has 0 aliphatic heterocycles. The summed E-state index contributed by atoms with van der Waals surface area (Å²) in [5.41, 5.74) is 0.487. The van der Waals surface area contributed by atoms with Gasteiger partial charge in [-0.2, -0.15) is 5.26 Å². The summed E-state index contributed by atoms with van der Waals surface area (Å²) in [5, 5.41) is 14.4. The molecule has 0 heterocycles. The van der Waals surface area contributed by atoms with Crippen molar-refractivity contribution in [3.8, 4) is 6.07 Å². The van der Waals surface area contributed by atoms with E-state index in [9.17, 15) is 9.18 Å². The lowest BCUT2D eigenvalue weighted by Crippen LogP contribution is -2.38. The lowest BCUT2D eigenvalue weighted by atomic mass is 10.2. The Bertz CT molecular complexity index is 505. The Kier molecular flexibility index (Phi) is 3.47. The van der Waals surface area contributed by atoms with Crippen LogP contribution in [0, 0.1) is 17.1 Å². The molecule has 1 aliphatic rings. The molecule has 1 amide bonds. The first-order valence-electron chi connectivity index (χ1n) is 5.86. The van der Waals surface area contributed by atoms with Gasteiger partial charge in [-0.15, -0.1) is 0 Å². The number of nitrogens with one attached hydrogen (secondary N) is 2. The second-order valence-electron chi connectivity index (χ2n) is 4.46. The first-order valence-corrected chi connectivity index (χ1v) is 5.86. The molecule has 2 N–H and O–H groups in total. The SMILES string of the molecule is CC(Nc1ccc(C#N)c(F)c1)C(=O)NC1CC1. The van der Waals surface area contributed by atoms with Crippen LogP contribution < -0.4 is 10.6 Å². The van der Waals surface area contributed by atoms with E-state index >= 15 is 0 Å². The van der Waals surface area contributed by atoms with Crippen molar-refractivity contribution in [3.05, 3.63) is 29.6 Å². The maximum Gasteiger partial charge on any atom is 0.242 e. The summed E-state index contributed by atoms with van der Waals surface area (Å²) in [6.45, 7) is 1.72. The number of carbonyl (C=O) groups excluding carboxylic acids is 1. The highest BCUT2D eigenvalue weighted by Gasteiger charge is 2.25. The Morgan fingerprint density at radius 1 is 1.56 bits per heavy atom. The Morgan fingerprint density at radius 3 is 2.83 bits per heavy atom. The summed E-state index contributed by atoms with van der Waals surface area (Å²) in [6, 6.07) is 5.82. The summed E-state index contributed by atoms with van der Waals surface area (Å²) in [5.74, 6) is -0.681. The lowest BCUT2D eigenvalue weighted by molar-refractivity contribution is -0.121. The van der Waals surface area contributed by atoms with E-state index in [0.29, 0.717) is 11.7 Å². The summed E-state index contributed by atoms with van der Waals surface area (Å²) in [7, 11) is 0. The van der Waals surface area contributed by atoms with Crippen molar-refractivity contribution in [1.82, 2.24) is 5.32 Å². The molecule has 1 aromatic carbocycles. The average molecular weight is 247 g/mol. The highest BCUT2D eigenvalue weighted by atomic mass is 19.1. The highest BCUT2D eigenvalue weighted by molar-refractivity contribution is 5.84. The van der Waals surface area contributed by atoms with Crippen molar-refractivity contribution in [2.45, 2.75) is 31.8 Å². The largest absolute Gasteiger partial charge is 0.374 e. The van der Waals surface area contributed by atoms with Crippen LogP contribution in [0.1, 0.15) is 25.3 Å². The Labute approximate surface area is 105 Å². The molecule has 0 bridgehead atoms. The van der Waals surface area contributed by atoms with E-state index in [4.69, 9.17) is 5.26 Å². The van der Waals surface area contributed by atoms with Gasteiger partial charge in [-0.25, -0.2) is 4.39 Å². The fourth-order valence-corrected chi connectivity index (χ4v) is 1.56. The van der Waals surface area contributed by atoms with Crippen LogP contribution in [0.3, 0.4) is 0 Å². The maximum atomic E-state index is 13.4. The average Bonchev–Trinajstić information content (AvgIpc) is 3.13. The Balaban J connectivity index is 1.97. The van der Waals surface area contributed by atoms with Gasteiger partial charge >= 0.3 is 0 Å². The van der Waals surface area contributed by atoms with Gasteiger partial charge in [-0.3, -0.25) is 4.79 Å². The second kappa shape index (κ2) is 5.05. The van der Waals surface area contributed by atoms with Crippen molar-refractivity contribution in [2.75, 3.05) is 5.32 Å². The third-order valence-corrected chi connectivity index (χ3v) is 2.79. The minimum absolute atomic E-state index is 0.00404. The predicted octanol–water partition coefficient (Wildman–Crippen LogP) is 1.78. The topological polar surface area (TPSA) is 64.9 Å². The predicted molar refractivity (Wildman–Crippen MR) is 65.4 cm³/mol. The molecular weight excluding hydrogens is 233 g/mol. The van der Waals surface area contributed by atoms with Gasteiger partial charge in [0.2, 0.25) is 5.91 Å². The molecule has 0 radical (unpaired) electrons. The van der Waals surface area contributed by atoms with Crippen LogP contribution in [0.5, 0.6) is 0 Å². The monoisotopic (exact) mass is 247 g/mol. The van der Waals surface area contributed by atoms with Crippen LogP contribution in [-0.4, -0.2) is 18.0 Å². The van der Waals surface area contributed by atoms with Crippen LogP contribution in [0.4, 0.5) is 10.1 Å². The number of rotatable bonds is 4. The van der Waals surface area contributed by atoms with Crippen LogP contribution >= 0.6 is 0 Å². The summed E-state index contributed by atoms with van der Waals surface area (Å²) in [6.07, 6.45) is 2.06. The number of hydrogen-bond donors (Lipinski definition) is 2. The molecule has 1 atom stereocenters. The molecule has 18 heavy (non-hydrogen) atoms. The van der Waals surface area contributed by atoms with E-state index in [2.05, 4.69) is 10.6 Å². The molecule has 1 aliphatic carbocycles. The summed E-state index contributed by atoms with van der Waals surface area (Å²) in [4.78, 5) is 11.7. The van der Waals surface area contributed by atoms with Crippen LogP contribution in [0.25, 0.3) is 0 Å². The van der Waals surface area contributed by atoms with Crippen molar-refractivity contribution in [1.29, 1.82) is 5.26 Å². The lowest BCUT2D eigenvalue weighted by Gasteiger charge is -2.15. The molecule has 0 saturated heterocycles. The van der Waals surface area contributed by atoms with Gasteiger partial charge in [-0.05, 0) is 38.0 Å². The van der Waals surface area contributed by atoms with E-state index in [1.54, 1.807) is 19.1 Å². The molecule has 0 spiro atoms. The van der Waals surface area contributed by atoms with Gasteiger partial charge in [0.15, 0.2) is 0 Å². The molecule has 1 unspecified atom stereocenters. The molecule has 0 aromatic heterocycles. The second-order valence-corrected chi connectivity index (χ2v) is 4.46. The highest BCUT2D eigenvalue weighted by Crippen LogP contribution is 2.19. The smallest absolute Gasteiger partial charge is 0.242 e. The van der Waals surface area contributed by atoms with Gasteiger partial charge in [0.1, 0.15) is 17.9 Å². The number of hydrogen-bond acceptors (Lipinski definition) is 3. The van der Waals surface area contributed by atoms with Gasteiger partial charge in [0.05, 0.1) is 5.56 Å². The third kappa shape index (κ3) is 2.98. The van der Waals surface area contributed by atoms with Crippen molar-refractivity contribution < 1.29 is 9.18 Å². The molecule has 5 heteroatoms. The van der Waals surface area contributed by atoms with E-state index in [1.165, 1.54) is 12.1 Å². The molecule has 1 saturated carbocycles.